The predicted molar refractivity (Wildman–Crippen MR) is 394 cm³/mol. The molecule has 0 spiro atoms. The van der Waals surface area contributed by atoms with E-state index in [0.29, 0.717) is 35.5 Å². The van der Waals surface area contributed by atoms with E-state index in [1.165, 1.54) is 304 Å². The minimum Gasteiger partial charge on any atom is -0.310 e. The van der Waals surface area contributed by atoms with E-state index in [9.17, 15) is 0 Å². The fourth-order valence-corrected chi connectivity index (χ4v) is 20.5. The number of hydrogen-bond donors (Lipinski definition) is 0. The molecule has 1 heteroatoms. The van der Waals surface area contributed by atoms with Crippen molar-refractivity contribution in [3.05, 3.63) is 207 Å². The summed E-state index contributed by atoms with van der Waals surface area (Å²) in [4.78, 5) is 2.65. The Labute approximate surface area is 558 Å². The van der Waals surface area contributed by atoms with E-state index < -0.39 is 5.41 Å². The van der Waals surface area contributed by atoms with Gasteiger partial charge in [-0.3, -0.25) is 0 Å². The van der Waals surface area contributed by atoms with Crippen molar-refractivity contribution >= 4 is 17.1 Å². The van der Waals surface area contributed by atoms with Crippen LogP contribution in [0.2, 0.25) is 0 Å². The summed E-state index contributed by atoms with van der Waals surface area (Å²) in [5.41, 5.74) is 24.4. The van der Waals surface area contributed by atoms with E-state index >= 15 is 0 Å². The van der Waals surface area contributed by atoms with Gasteiger partial charge in [0.05, 0.1) is 5.41 Å². The van der Waals surface area contributed by atoms with Gasteiger partial charge in [-0.05, 0) is 245 Å². The summed E-state index contributed by atoms with van der Waals surface area (Å²) in [6.45, 7) is 7.35. The van der Waals surface area contributed by atoms with Gasteiger partial charge < -0.3 is 4.90 Å². The van der Waals surface area contributed by atoms with Crippen LogP contribution in [0.25, 0.3) is 22.3 Å². The summed E-state index contributed by atoms with van der Waals surface area (Å²) >= 11 is 0. The van der Waals surface area contributed by atoms with Gasteiger partial charge in [-0.15, -0.1) is 0 Å². The van der Waals surface area contributed by atoms with Crippen molar-refractivity contribution in [1.82, 2.24) is 0 Å². The highest BCUT2D eigenvalue weighted by atomic mass is 15.1. The molecule has 1 nitrogen and oxygen atoms in total. The predicted octanol–water partition coefficient (Wildman–Crippen LogP) is 27.7. The Morgan fingerprint density at radius 3 is 1.07 bits per heavy atom. The highest BCUT2D eigenvalue weighted by Crippen LogP contribution is 2.58. The van der Waals surface area contributed by atoms with Crippen molar-refractivity contribution in [3.63, 3.8) is 0 Å². The largest absolute Gasteiger partial charge is 0.310 e. The maximum atomic E-state index is 2.87. The van der Waals surface area contributed by atoms with Crippen molar-refractivity contribution < 1.29 is 0 Å². The minimum absolute atomic E-state index is 0.492. The number of anilines is 3. The molecule has 92 heavy (non-hydrogen) atoms. The lowest BCUT2D eigenvalue weighted by Crippen LogP contribution is -2.29. The molecule has 0 saturated heterocycles. The molecule has 7 aromatic rings. The molecule has 484 valence electrons. The highest BCUT2D eigenvalue weighted by molar-refractivity contribution is 5.90. The fourth-order valence-electron chi connectivity index (χ4n) is 20.5. The quantitative estimate of drug-likeness (QED) is 0.0989. The topological polar surface area (TPSA) is 3.24 Å². The summed E-state index contributed by atoms with van der Waals surface area (Å²) in [7, 11) is 0. The van der Waals surface area contributed by atoms with Crippen molar-refractivity contribution in [1.29, 1.82) is 0 Å². The number of benzene rings is 7. The van der Waals surface area contributed by atoms with E-state index in [4.69, 9.17) is 0 Å². The zero-order chi connectivity index (χ0) is 62.2. The smallest absolute Gasteiger partial charge is 0.0714 e. The fraction of sp³-hybridized carbons (Fsp3) is 0.538. The van der Waals surface area contributed by atoms with Crippen LogP contribution in [0.1, 0.15) is 343 Å². The lowest BCUT2D eigenvalue weighted by molar-refractivity contribution is 0.344. The van der Waals surface area contributed by atoms with Crippen LogP contribution in [0.15, 0.2) is 152 Å². The van der Waals surface area contributed by atoms with E-state index in [2.05, 4.69) is 177 Å². The number of fused-ring (bicyclic) bond motifs is 3. The summed E-state index contributed by atoms with van der Waals surface area (Å²) < 4.78 is 0. The van der Waals surface area contributed by atoms with Gasteiger partial charge in [0.15, 0.2) is 0 Å². The summed E-state index contributed by atoms with van der Waals surface area (Å²) in [5.74, 6) is 6.59. The van der Waals surface area contributed by atoms with Gasteiger partial charge in [0.1, 0.15) is 0 Å². The number of hydrogen-bond acceptors (Lipinski definition) is 1. The van der Waals surface area contributed by atoms with Gasteiger partial charge in [0.25, 0.3) is 0 Å². The number of nitrogens with zero attached hydrogens (tertiary/aromatic N) is 1. The van der Waals surface area contributed by atoms with Crippen molar-refractivity contribution in [2.75, 3.05) is 4.90 Å². The summed E-state index contributed by atoms with van der Waals surface area (Å²) in [6, 6.07) is 63.6. The van der Waals surface area contributed by atoms with Crippen LogP contribution < -0.4 is 4.90 Å². The van der Waals surface area contributed by atoms with Gasteiger partial charge in [-0.1, -0.05) is 290 Å². The average Bonchev–Trinajstić information content (AvgIpc) is 1.53. The average molecular weight is 1220 g/mol. The standard InChI is InChI=1S/C91H115N/c1-4-65-24-18-36-71(37-19-25-65)78-62-86(75-38-20-26-66(5-2)27-21-39-75)90(87(63-78)76-40-22-28-67(6-3)29-23-41-76)77-50-58-82(59-51-77)92(81-56-48-74(49-57-81)70-34-14-9-15-35-70)83-60-61-85-84-42-16-17-43-88(84)91(89(85)64-83,79-52-44-72(45-53-79)68-30-10-7-11-31-68)80-54-46-73(47-55-80)69-32-12-8-13-33-69/h16-17,42-71,75-76H,4-15,18-41H2,1-3H3. The first-order chi connectivity index (χ1) is 45.5. The normalized spacial score (nSPS) is 24.6. The molecule has 6 saturated carbocycles. The van der Waals surface area contributed by atoms with Gasteiger partial charge in [0.2, 0.25) is 0 Å². The van der Waals surface area contributed by atoms with Crippen LogP contribution in [0.4, 0.5) is 17.1 Å². The van der Waals surface area contributed by atoms with Crippen LogP contribution in [0.3, 0.4) is 0 Å². The van der Waals surface area contributed by atoms with Crippen LogP contribution in [-0.4, -0.2) is 0 Å². The van der Waals surface area contributed by atoms with E-state index in [-0.39, 0.29) is 0 Å². The Bertz CT molecular complexity index is 3330. The first-order valence-electron chi connectivity index (χ1n) is 39.1. The molecular weight excluding hydrogens is 1110 g/mol. The van der Waals surface area contributed by atoms with Gasteiger partial charge in [-0.25, -0.2) is 0 Å². The van der Waals surface area contributed by atoms with E-state index in [1.54, 1.807) is 22.3 Å². The van der Waals surface area contributed by atoms with Crippen molar-refractivity contribution in [2.24, 2.45) is 17.8 Å². The summed E-state index contributed by atoms with van der Waals surface area (Å²) in [6.07, 6.45) is 48.9. The monoisotopic (exact) mass is 1220 g/mol. The highest BCUT2D eigenvalue weighted by Gasteiger charge is 2.47. The SMILES string of the molecule is CCC1CCCC(c2cc(C3CCCC(CC)CCC3)c(-c3ccc(N(c4ccc(C5CCCCC5)cc4)c4ccc5c(c4)C(c4ccc(C6CCCCC6)cc4)(c4ccc(C6CCCCC6)cc4)c4ccccc4-5)cc3)c(C3CCCC(CC)CCC3)c2)CCC1. The molecule has 14 rings (SSSR count). The Morgan fingerprint density at radius 2 is 0.641 bits per heavy atom. The van der Waals surface area contributed by atoms with Crippen LogP contribution in [-0.2, 0) is 5.41 Å². The molecule has 0 bridgehead atoms. The molecule has 0 aromatic heterocycles. The Balaban J connectivity index is 0.919. The second kappa shape index (κ2) is 30.0. The van der Waals surface area contributed by atoms with Gasteiger partial charge in [-0.2, -0.15) is 0 Å². The molecule has 7 aliphatic rings. The van der Waals surface area contributed by atoms with Gasteiger partial charge >= 0.3 is 0 Å². The molecule has 0 heterocycles. The minimum atomic E-state index is -0.492. The van der Waals surface area contributed by atoms with E-state index in [1.807, 2.05) is 0 Å². The molecule has 0 unspecified atom stereocenters. The third-order valence-corrected chi connectivity index (χ3v) is 26.1. The molecule has 0 radical (unpaired) electrons. The van der Waals surface area contributed by atoms with Crippen LogP contribution in [0.5, 0.6) is 0 Å². The molecule has 7 aliphatic carbocycles. The van der Waals surface area contributed by atoms with Gasteiger partial charge in [0, 0.05) is 17.1 Å². The zero-order valence-corrected chi connectivity index (χ0v) is 57.5. The van der Waals surface area contributed by atoms with Crippen molar-refractivity contribution in [3.8, 4) is 22.3 Å². The lowest BCUT2D eigenvalue weighted by atomic mass is 9.67. The molecule has 0 aliphatic heterocycles. The lowest BCUT2D eigenvalue weighted by Gasteiger charge is -2.36. The third kappa shape index (κ3) is 13.5. The van der Waals surface area contributed by atoms with Crippen LogP contribution >= 0.6 is 0 Å². The second-order valence-corrected chi connectivity index (χ2v) is 31.3. The van der Waals surface area contributed by atoms with Crippen LogP contribution in [0, 0.1) is 17.8 Å². The first-order valence-corrected chi connectivity index (χ1v) is 39.1. The summed E-state index contributed by atoms with van der Waals surface area (Å²) in [5, 5.41) is 0. The third-order valence-electron chi connectivity index (χ3n) is 26.1. The molecule has 0 atom stereocenters. The molecule has 6 fully saturated rings. The van der Waals surface area contributed by atoms with E-state index in [0.717, 1.165) is 17.8 Å². The first kappa shape index (κ1) is 63.7. The Hall–Kier alpha value is -5.66. The van der Waals surface area contributed by atoms with Crippen molar-refractivity contribution in [2.45, 2.75) is 293 Å². The Morgan fingerprint density at radius 1 is 0.293 bits per heavy atom. The molecular formula is C91H115N. The number of rotatable bonds is 15. The molecule has 7 aromatic carbocycles. The zero-order valence-electron chi connectivity index (χ0n) is 57.5. The Kier molecular flexibility index (Phi) is 20.8. The molecule has 0 N–H and O–H groups in total. The maximum absolute atomic E-state index is 2.87. The maximum Gasteiger partial charge on any atom is 0.0714 e. The second-order valence-electron chi connectivity index (χ2n) is 31.3. The molecule has 0 amide bonds.